The van der Waals surface area contributed by atoms with Gasteiger partial charge in [-0.2, -0.15) is 0 Å². The van der Waals surface area contributed by atoms with Crippen molar-refractivity contribution in [1.29, 1.82) is 0 Å². The summed E-state index contributed by atoms with van der Waals surface area (Å²) in [7, 11) is -0.361. The van der Waals surface area contributed by atoms with E-state index in [4.69, 9.17) is 4.74 Å². The number of hydrogen-bond donors (Lipinski definition) is 0. The highest BCUT2D eigenvalue weighted by molar-refractivity contribution is 7.97. The van der Waals surface area contributed by atoms with Crippen molar-refractivity contribution in [2.75, 3.05) is 0 Å². The summed E-state index contributed by atoms with van der Waals surface area (Å²) in [5, 5.41) is 0. The Morgan fingerprint density at radius 3 is 1.88 bits per heavy atom. The molecule has 32 heavy (non-hydrogen) atoms. The molecule has 0 aliphatic carbocycles. The number of carbonyl (C=O) groups is 1. The number of rotatable bonds is 6. The van der Waals surface area contributed by atoms with Crippen LogP contribution >= 0.6 is 0 Å². The van der Waals surface area contributed by atoms with Crippen LogP contribution in [-0.4, -0.2) is 5.97 Å². The summed E-state index contributed by atoms with van der Waals surface area (Å²) in [4.78, 5) is 16.4. The highest BCUT2D eigenvalue weighted by atomic mass is 32.2. The van der Waals surface area contributed by atoms with E-state index in [0.29, 0.717) is 11.1 Å². The van der Waals surface area contributed by atoms with Gasteiger partial charge in [-0.3, -0.25) is 0 Å². The number of carbonyl (C=O) groups excluding carboxylic acids is 1. The highest BCUT2D eigenvalue weighted by Gasteiger charge is 2.31. The summed E-state index contributed by atoms with van der Waals surface area (Å²) in [6, 6.07) is 34.2. The molecule has 0 spiro atoms. The van der Waals surface area contributed by atoms with Gasteiger partial charge < -0.3 is 4.74 Å². The third kappa shape index (κ3) is 4.92. The van der Waals surface area contributed by atoms with Gasteiger partial charge in [0.2, 0.25) is 0 Å². The minimum absolute atomic E-state index is 0.358. The lowest BCUT2D eigenvalue weighted by Crippen LogP contribution is -2.26. The highest BCUT2D eigenvalue weighted by Crippen LogP contribution is 2.32. The van der Waals surface area contributed by atoms with Crippen LogP contribution in [0.2, 0.25) is 0 Å². The van der Waals surface area contributed by atoms with E-state index in [1.165, 1.54) is 21.9 Å². The fourth-order valence-corrected chi connectivity index (χ4v) is 5.62. The first-order valence-electron chi connectivity index (χ1n) is 10.4. The van der Waals surface area contributed by atoms with Gasteiger partial charge in [-0.15, -0.1) is 0 Å². The van der Waals surface area contributed by atoms with Gasteiger partial charge in [0.25, 0.3) is 0 Å². The second kappa shape index (κ2) is 9.41. The van der Waals surface area contributed by atoms with Crippen molar-refractivity contribution < 1.29 is 13.9 Å². The lowest BCUT2D eigenvalue weighted by Gasteiger charge is -2.25. The molecule has 2 nitrogen and oxygen atoms in total. The van der Waals surface area contributed by atoms with Crippen LogP contribution < -0.4 is 0 Å². The normalized spacial score (nSPS) is 11.4. The number of benzene rings is 4. The Balaban J connectivity index is 1.66. The zero-order valence-electron chi connectivity index (χ0n) is 18.0. The van der Waals surface area contributed by atoms with E-state index < -0.39 is 11.6 Å². The van der Waals surface area contributed by atoms with Crippen molar-refractivity contribution in [3.05, 3.63) is 126 Å². The molecule has 4 aromatic rings. The molecule has 0 saturated carbocycles. The largest absolute Gasteiger partial charge is 0.451 e. The monoisotopic (exact) mass is 443 g/mol. The smallest absolute Gasteiger partial charge is 0.339 e. The maximum absolute atomic E-state index is 13.7. The molecule has 4 heteroatoms. The molecule has 0 amide bonds. The van der Waals surface area contributed by atoms with Gasteiger partial charge in [0.05, 0.1) is 16.5 Å². The van der Waals surface area contributed by atoms with E-state index >= 15 is 0 Å². The molecule has 0 fully saturated rings. The minimum atomic E-state index is -0.963. The summed E-state index contributed by atoms with van der Waals surface area (Å²) in [5.41, 5.74) is 0.113. The minimum Gasteiger partial charge on any atom is -0.451 e. The van der Waals surface area contributed by atoms with Crippen LogP contribution in [0.25, 0.3) is 0 Å². The van der Waals surface area contributed by atoms with Gasteiger partial charge in [-0.05, 0) is 67.9 Å². The molecule has 0 bridgehead atoms. The van der Waals surface area contributed by atoms with Gasteiger partial charge in [0, 0.05) is 6.07 Å². The van der Waals surface area contributed by atoms with E-state index in [1.807, 2.05) is 54.6 Å². The van der Waals surface area contributed by atoms with E-state index in [1.54, 1.807) is 32.0 Å². The Morgan fingerprint density at radius 1 is 0.719 bits per heavy atom. The maximum atomic E-state index is 13.7. The van der Waals surface area contributed by atoms with Crippen molar-refractivity contribution in [2.45, 2.75) is 34.1 Å². The molecule has 0 saturated heterocycles. The molecule has 160 valence electrons. The van der Waals surface area contributed by atoms with Crippen LogP contribution in [0.4, 0.5) is 4.39 Å². The molecule has 0 aliphatic heterocycles. The number of halogens is 1. The standard InChI is InChI=1S/C28H24FO2S/c1-28(2,22-12-10-13-23(29)20-22)31-27(30)21-11-9-18-26(19-21)32(24-14-5-3-6-15-24)25-16-7-4-8-17-25/h3-20H,1-2H3/q+1. The lowest BCUT2D eigenvalue weighted by atomic mass is 9.98. The Kier molecular flexibility index (Phi) is 6.42. The van der Waals surface area contributed by atoms with E-state index in [-0.39, 0.29) is 16.7 Å². The van der Waals surface area contributed by atoms with Crippen molar-refractivity contribution in [3.8, 4) is 0 Å². The average molecular weight is 444 g/mol. The molecular weight excluding hydrogens is 419 g/mol. The number of hydrogen-bond acceptors (Lipinski definition) is 2. The van der Waals surface area contributed by atoms with Crippen LogP contribution in [0.1, 0.15) is 29.8 Å². The fraction of sp³-hybridized carbons (Fsp3) is 0.107. The molecule has 4 aromatic carbocycles. The van der Waals surface area contributed by atoms with Crippen LogP contribution in [0.15, 0.2) is 124 Å². The van der Waals surface area contributed by atoms with Crippen LogP contribution in [0, 0.1) is 5.82 Å². The summed E-state index contributed by atoms with van der Waals surface area (Å²) in [6.07, 6.45) is 0. The third-order valence-corrected chi connectivity index (χ3v) is 7.34. The fourth-order valence-electron chi connectivity index (χ4n) is 3.48. The van der Waals surface area contributed by atoms with Crippen LogP contribution in [-0.2, 0) is 21.2 Å². The Labute approximate surface area is 191 Å². The molecule has 0 heterocycles. The molecule has 0 aliphatic rings. The SMILES string of the molecule is CC(C)(OC(=O)c1cccc([S+](c2ccccc2)c2ccccc2)c1)c1cccc(F)c1. The Hall–Kier alpha value is -3.37. The third-order valence-electron chi connectivity index (χ3n) is 5.13. The number of ether oxygens (including phenoxy) is 1. The van der Waals surface area contributed by atoms with Gasteiger partial charge in [0.15, 0.2) is 14.7 Å². The molecule has 0 atom stereocenters. The maximum Gasteiger partial charge on any atom is 0.339 e. The summed E-state index contributed by atoms with van der Waals surface area (Å²) in [5.74, 6) is -0.797. The predicted molar refractivity (Wildman–Crippen MR) is 126 cm³/mol. The summed E-state index contributed by atoms with van der Waals surface area (Å²) < 4.78 is 19.5. The van der Waals surface area contributed by atoms with E-state index in [2.05, 4.69) is 24.3 Å². The first-order chi connectivity index (χ1) is 15.4. The molecule has 0 aromatic heterocycles. The van der Waals surface area contributed by atoms with Crippen molar-refractivity contribution >= 4 is 16.9 Å². The summed E-state index contributed by atoms with van der Waals surface area (Å²) >= 11 is 0. The van der Waals surface area contributed by atoms with Gasteiger partial charge in [0.1, 0.15) is 11.4 Å². The van der Waals surface area contributed by atoms with Gasteiger partial charge in [-0.1, -0.05) is 54.6 Å². The first kappa shape index (κ1) is 21.8. The second-order valence-corrected chi connectivity index (χ2v) is 9.90. The Bertz CT molecular complexity index is 1170. The predicted octanol–water partition coefficient (Wildman–Crippen LogP) is 7.01. The zero-order valence-corrected chi connectivity index (χ0v) is 18.8. The lowest BCUT2D eigenvalue weighted by molar-refractivity contribution is -0.00328. The van der Waals surface area contributed by atoms with Crippen molar-refractivity contribution in [3.63, 3.8) is 0 Å². The first-order valence-corrected chi connectivity index (χ1v) is 11.6. The summed E-state index contributed by atoms with van der Waals surface area (Å²) in [6.45, 7) is 3.53. The van der Waals surface area contributed by atoms with Crippen LogP contribution in [0.5, 0.6) is 0 Å². The number of esters is 1. The van der Waals surface area contributed by atoms with Crippen molar-refractivity contribution in [1.82, 2.24) is 0 Å². The molecule has 0 unspecified atom stereocenters. The zero-order chi connectivity index (χ0) is 22.6. The quantitative estimate of drug-likeness (QED) is 0.237. The second-order valence-electron chi connectivity index (χ2n) is 7.87. The Morgan fingerprint density at radius 2 is 1.28 bits per heavy atom. The van der Waals surface area contributed by atoms with Gasteiger partial charge >= 0.3 is 5.97 Å². The molecule has 0 radical (unpaired) electrons. The average Bonchev–Trinajstić information content (AvgIpc) is 2.81. The van der Waals surface area contributed by atoms with Crippen molar-refractivity contribution in [2.24, 2.45) is 0 Å². The molecule has 4 rings (SSSR count). The molecular formula is C28H24FO2S+. The van der Waals surface area contributed by atoms with Gasteiger partial charge in [-0.25, -0.2) is 9.18 Å². The topological polar surface area (TPSA) is 26.3 Å². The van der Waals surface area contributed by atoms with E-state index in [9.17, 15) is 9.18 Å². The molecule has 0 N–H and O–H groups in total. The van der Waals surface area contributed by atoms with Crippen LogP contribution in [0.3, 0.4) is 0 Å². The van der Waals surface area contributed by atoms with E-state index in [0.717, 1.165) is 4.90 Å².